The van der Waals surface area contributed by atoms with Gasteiger partial charge in [-0.3, -0.25) is 0 Å². The molecule has 0 aliphatic carbocycles. The lowest BCUT2D eigenvalue weighted by molar-refractivity contribution is -0.139. The molecule has 2 heterocycles. The quantitative estimate of drug-likeness (QED) is 0.551. The molecule has 3 aromatic rings. The Balaban J connectivity index is 2.04. The third kappa shape index (κ3) is 4.17. The van der Waals surface area contributed by atoms with Gasteiger partial charge in [0.05, 0.1) is 10.5 Å². The molecule has 26 heavy (non-hydrogen) atoms. The van der Waals surface area contributed by atoms with Crippen LogP contribution in [-0.4, -0.2) is 12.7 Å². The van der Waals surface area contributed by atoms with Gasteiger partial charge in [0, 0.05) is 22.8 Å². The topological polar surface area (TPSA) is 37.4 Å². The van der Waals surface area contributed by atoms with E-state index in [0.29, 0.717) is 0 Å². The highest BCUT2D eigenvalue weighted by Gasteiger charge is 2.39. The largest absolute Gasteiger partial charge is 0.417 e. The zero-order chi connectivity index (χ0) is 18.8. The van der Waals surface area contributed by atoms with Gasteiger partial charge < -0.3 is 0 Å². The van der Waals surface area contributed by atoms with Gasteiger partial charge in [0.2, 0.25) is 10.0 Å². The maximum Gasteiger partial charge on any atom is 0.417 e. The Hall–Kier alpha value is -1.68. The Morgan fingerprint density at radius 1 is 0.846 bits per heavy atom. The predicted octanol–water partition coefficient (Wildman–Crippen LogP) is 5.22. The Bertz CT molecular complexity index is 913. The minimum atomic E-state index is -4.75. The van der Waals surface area contributed by atoms with Crippen LogP contribution in [0.15, 0.2) is 64.2 Å². The smallest absolute Gasteiger partial charge is 0.207 e. The second kappa shape index (κ2) is 7.51. The molecule has 2 aromatic heterocycles. The van der Waals surface area contributed by atoms with E-state index in [4.69, 9.17) is 0 Å². The summed E-state index contributed by atoms with van der Waals surface area (Å²) in [6.07, 6.45) is -4.75. The molecular formula is C17H14F3NO2S3. The minimum Gasteiger partial charge on any atom is -0.207 e. The van der Waals surface area contributed by atoms with Crippen molar-refractivity contribution in [2.75, 3.05) is 0 Å². The molecule has 0 radical (unpaired) electrons. The van der Waals surface area contributed by atoms with Gasteiger partial charge in [0.1, 0.15) is 0 Å². The number of hydrogen-bond acceptors (Lipinski definition) is 4. The number of sulfonamides is 1. The SMILES string of the molecule is O=S(=O)(c1ccccc1C(F)(F)F)N(Cc1cccs1)Cc1cccs1. The first kappa shape index (κ1) is 19.1. The standard InChI is InChI=1S/C17H14F3NO2S3/c18-17(19,20)15-7-1-2-8-16(15)26(22,23)21(11-13-5-3-9-24-13)12-14-6-4-10-25-14/h1-10H,11-12H2. The summed E-state index contributed by atoms with van der Waals surface area (Å²) in [5.41, 5.74) is -1.15. The molecule has 3 rings (SSSR count). The molecule has 0 saturated carbocycles. The fourth-order valence-electron chi connectivity index (χ4n) is 2.44. The lowest BCUT2D eigenvalue weighted by atomic mass is 10.2. The van der Waals surface area contributed by atoms with Gasteiger partial charge in [0.15, 0.2) is 0 Å². The summed E-state index contributed by atoms with van der Waals surface area (Å²) in [6, 6.07) is 11.4. The van der Waals surface area contributed by atoms with Gasteiger partial charge in [-0.15, -0.1) is 22.7 Å². The van der Waals surface area contributed by atoms with Crippen molar-refractivity contribution in [1.29, 1.82) is 0 Å². The molecule has 138 valence electrons. The van der Waals surface area contributed by atoms with Gasteiger partial charge in [0.25, 0.3) is 0 Å². The van der Waals surface area contributed by atoms with Crippen molar-refractivity contribution >= 4 is 32.7 Å². The van der Waals surface area contributed by atoms with Gasteiger partial charge in [-0.2, -0.15) is 17.5 Å². The summed E-state index contributed by atoms with van der Waals surface area (Å²) < 4.78 is 67.2. The Labute approximate surface area is 157 Å². The molecule has 0 unspecified atom stereocenters. The molecule has 0 aliphatic heterocycles. The monoisotopic (exact) mass is 417 g/mol. The van der Waals surface area contributed by atoms with Crippen LogP contribution in [0, 0.1) is 0 Å². The second-order valence-electron chi connectivity index (χ2n) is 5.43. The van der Waals surface area contributed by atoms with Crippen LogP contribution < -0.4 is 0 Å². The number of alkyl halides is 3. The summed E-state index contributed by atoms with van der Waals surface area (Å²) in [5, 5.41) is 3.60. The summed E-state index contributed by atoms with van der Waals surface area (Å²) in [6.45, 7) is 0.0359. The molecule has 0 aliphatic rings. The van der Waals surface area contributed by atoms with Gasteiger partial charge >= 0.3 is 6.18 Å². The Kier molecular flexibility index (Phi) is 5.52. The van der Waals surface area contributed by atoms with Crippen LogP contribution in [0.5, 0.6) is 0 Å². The molecule has 1 aromatic carbocycles. The maximum absolute atomic E-state index is 13.3. The van der Waals surface area contributed by atoms with Crippen molar-refractivity contribution < 1.29 is 21.6 Å². The number of thiophene rings is 2. The van der Waals surface area contributed by atoms with E-state index in [1.54, 1.807) is 35.0 Å². The molecule has 0 fully saturated rings. The molecule has 0 spiro atoms. The lowest BCUT2D eigenvalue weighted by Gasteiger charge is -2.23. The second-order valence-corrected chi connectivity index (χ2v) is 9.40. The first-order valence-electron chi connectivity index (χ1n) is 7.49. The van der Waals surface area contributed by atoms with Crippen LogP contribution in [0.3, 0.4) is 0 Å². The molecule has 0 amide bonds. The number of benzene rings is 1. The van der Waals surface area contributed by atoms with Crippen LogP contribution >= 0.6 is 22.7 Å². The van der Waals surface area contributed by atoms with Gasteiger partial charge in [-0.05, 0) is 35.0 Å². The van der Waals surface area contributed by atoms with Crippen molar-refractivity contribution in [3.05, 3.63) is 74.6 Å². The van der Waals surface area contributed by atoms with Gasteiger partial charge in [-0.25, -0.2) is 8.42 Å². The zero-order valence-electron chi connectivity index (χ0n) is 13.3. The maximum atomic E-state index is 13.3. The third-order valence-corrected chi connectivity index (χ3v) is 7.21. The number of hydrogen-bond donors (Lipinski definition) is 0. The number of rotatable bonds is 6. The van der Waals surface area contributed by atoms with E-state index in [1.807, 2.05) is 0 Å². The van der Waals surface area contributed by atoms with E-state index in [-0.39, 0.29) is 13.1 Å². The van der Waals surface area contributed by atoms with Crippen LogP contribution in [0.4, 0.5) is 13.2 Å². The number of nitrogens with zero attached hydrogens (tertiary/aromatic N) is 1. The Morgan fingerprint density at radius 3 is 1.85 bits per heavy atom. The molecule has 0 bridgehead atoms. The van der Waals surface area contributed by atoms with E-state index < -0.39 is 26.7 Å². The average Bonchev–Trinajstić information content (AvgIpc) is 3.27. The minimum absolute atomic E-state index is 0.0179. The first-order valence-corrected chi connectivity index (χ1v) is 10.7. The van der Waals surface area contributed by atoms with E-state index in [2.05, 4.69) is 0 Å². The predicted molar refractivity (Wildman–Crippen MR) is 96.5 cm³/mol. The summed E-state index contributed by atoms with van der Waals surface area (Å²) in [7, 11) is -4.34. The first-order chi connectivity index (χ1) is 12.3. The van der Waals surface area contributed by atoms with Crippen molar-refractivity contribution in [2.24, 2.45) is 0 Å². The van der Waals surface area contributed by atoms with Crippen LogP contribution in [0.25, 0.3) is 0 Å². The summed E-state index contributed by atoms with van der Waals surface area (Å²) >= 11 is 2.72. The highest BCUT2D eigenvalue weighted by molar-refractivity contribution is 7.89. The Morgan fingerprint density at radius 2 is 1.38 bits per heavy atom. The van der Waals surface area contributed by atoms with Crippen LogP contribution in [-0.2, 0) is 29.3 Å². The van der Waals surface area contributed by atoms with Crippen molar-refractivity contribution in [1.82, 2.24) is 4.31 Å². The van der Waals surface area contributed by atoms with Crippen molar-refractivity contribution in [3.8, 4) is 0 Å². The van der Waals surface area contributed by atoms with Crippen LogP contribution in [0.2, 0.25) is 0 Å². The van der Waals surface area contributed by atoms with E-state index in [9.17, 15) is 21.6 Å². The fourth-order valence-corrected chi connectivity index (χ4v) is 5.65. The molecule has 3 nitrogen and oxygen atoms in total. The van der Waals surface area contributed by atoms with Gasteiger partial charge in [-0.1, -0.05) is 24.3 Å². The normalized spacial score (nSPS) is 12.6. The summed E-state index contributed by atoms with van der Waals surface area (Å²) in [4.78, 5) is 0.796. The molecule has 0 saturated heterocycles. The fraction of sp³-hybridized carbons (Fsp3) is 0.176. The zero-order valence-corrected chi connectivity index (χ0v) is 15.8. The molecule has 0 atom stereocenters. The third-order valence-electron chi connectivity index (χ3n) is 3.63. The van der Waals surface area contributed by atoms with E-state index >= 15 is 0 Å². The van der Waals surface area contributed by atoms with Crippen molar-refractivity contribution in [2.45, 2.75) is 24.2 Å². The molecule has 0 N–H and O–H groups in total. The molecular weight excluding hydrogens is 403 g/mol. The summed E-state index contributed by atoms with van der Waals surface area (Å²) in [5.74, 6) is 0. The highest BCUT2D eigenvalue weighted by atomic mass is 32.2. The molecule has 9 heteroatoms. The number of halogens is 3. The lowest BCUT2D eigenvalue weighted by Crippen LogP contribution is -2.31. The average molecular weight is 417 g/mol. The van der Waals surface area contributed by atoms with Crippen LogP contribution in [0.1, 0.15) is 15.3 Å². The van der Waals surface area contributed by atoms with E-state index in [1.165, 1.54) is 34.8 Å². The van der Waals surface area contributed by atoms with E-state index in [0.717, 1.165) is 26.2 Å². The highest BCUT2D eigenvalue weighted by Crippen LogP contribution is 2.36. The van der Waals surface area contributed by atoms with Crippen molar-refractivity contribution in [3.63, 3.8) is 0 Å².